The van der Waals surface area contributed by atoms with E-state index in [9.17, 15) is 0 Å². The molecule has 2 aromatic heterocycles. The maximum atomic E-state index is 5.99. The lowest BCUT2D eigenvalue weighted by molar-refractivity contribution is 0.490. The molecule has 0 bridgehead atoms. The molecule has 2 aromatic rings. The minimum atomic E-state index is 0.289. The van der Waals surface area contributed by atoms with Crippen molar-refractivity contribution in [3.8, 4) is 0 Å². The monoisotopic (exact) mass is 289 g/mol. The molecule has 0 aliphatic carbocycles. The van der Waals surface area contributed by atoms with Gasteiger partial charge < -0.3 is 5.73 Å². The first-order chi connectivity index (χ1) is 9.73. The van der Waals surface area contributed by atoms with Gasteiger partial charge in [-0.15, -0.1) is 0 Å². The Bertz CT molecular complexity index is 646. The molecule has 2 heterocycles. The van der Waals surface area contributed by atoms with Crippen LogP contribution in [0.25, 0.3) is 0 Å². The Morgan fingerprint density at radius 2 is 1.62 bits per heavy atom. The fraction of sp³-hybridized carbons (Fsp3) is 0.625. The van der Waals surface area contributed by atoms with Gasteiger partial charge in [-0.1, -0.05) is 13.8 Å². The highest BCUT2D eigenvalue weighted by molar-refractivity contribution is 5.42. The first-order valence-corrected chi connectivity index (χ1v) is 7.61. The Kier molecular flexibility index (Phi) is 4.12. The first kappa shape index (κ1) is 15.6. The van der Waals surface area contributed by atoms with Gasteiger partial charge in [0.2, 0.25) is 0 Å². The zero-order chi connectivity index (χ0) is 15.9. The molecule has 0 unspecified atom stereocenters. The second-order valence-corrected chi connectivity index (χ2v) is 6.40. The summed E-state index contributed by atoms with van der Waals surface area (Å²) in [6.07, 6.45) is 0. The number of nitrogens with zero attached hydrogens (tertiary/aromatic N) is 4. The van der Waals surface area contributed by atoms with E-state index in [0.29, 0.717) is 18.3 Å². The van der Waals surface area contributed by atoms with Crippen LogP contribution >= 0.6 is 0 Å². The molecule has 0 fully saturated rings. The number of rotatable bonds is 4. The fourth-order valence-electron chi connectivity index (χ4n) is 2.69. The summed E-state index contributed by atoms with van der Waals surface area (Å²) in [5.41, 5.74) is 11.9. The molecule has 0 spiro atoms. The molecule has 0 saturated heterocycles. The Hall–Kier alpha value is -1.78. The SMILES string of the molecule is Cc1c(C(C)C)nn(Cc2c(C)c(N)nn2C(C)C)c1C. The number of anilines is 1. The molecule has 116 valence electrons. The lowest BCUT2D eigenvalue weighted by Crippen LogP contribution is -2.13. The van der Waals surface area contributed by atoms with Gasteiger partial charge in [-0.2, -0.15) is 10.2 Å². The summed E-state index contributed by atoms with van der Waals surface area (Å²) < 4.78 is 4.09. The van der Waals surface area contributed by atoms with Crippen LogP contribution in [-0.4, -0.2) is 19.6 Å². The van der Waals surface area contributed by atoms with Gasteiger partial charge in [0.25, 0.3) is 0 Å². The quantitative estimate of drug-likeness (QED) is 0.939. The van der Waals surface area contributed by atoms with Crippen molar-refractivity contribution >= 4 is 5.82 Å². The number of nitrogens with two attached hydrogens (primary N) is 1. The van der Waals surface area contributed by atoms with Crippen LogP contribution < -0.4 is 5.73 Å². The van der Waals surface area contributed by atoms with E-state index in [1.807, 2.05) is 11.6 Å². The zero-order valence-electron chi connectivity index (χ0n) is 14.2. The highest BCUT2D eigenvalue weighted by Gasteiger charge is 2.18. The molecule has 0 atom stereocenters. The van der Waals surface area contributed by atoms with E-state index in [1.165, 1.54) is 17.0 Å². The van der Waals surface area contributed by atoms with E-state index in [-0.39, 0.29) is 6.04 Å². The maximum Gasteiger partial charge on any atom is 0.148 e. The predicted octanol–water partition coefficient (Wildman–Crippen LogP) is 3.34. The molecule has 0 aliphatic rings. The first-order valence-electron chi connectivity index (χ1n) is 7.61. The van der Waals surface area contributed by atoms with Gasteiger partial charge in [0.05, 0.1) is 17.9 Å². The second-order valence-electron chi connectivity index (χ2n) is 6.40. The minimum absolute atomic E-state index is 0.289. The fourth-order valence-corrected chi connectivity index (χ4v) is 2.69. The summed E-state index contributed by atoms with van der Waals surface area (Å²) in [6.45, 7) is 15.6. The van der Waals surface area contributed by atoms with Gasteiger partial charge in [0.1, 0.15) is 5.82 Å². The summed E-state index contributed by atoms with van der Waals surface area (Å²) >= 11 is 0. The normalized spacial score (nSPS) is 11.9. The Labute approximate surface area is 127 Å². The van der Waals surface area contributed by atoms with Crippen LogP contribution in [0.5, 0.6) is 0 Å². The summed E-state index contributed by atoms with van der Waals surface area (Å²) in [4.78, 5) is 0. The van der Waals surface area contributed by atoms with Crippen LogP contribution in [-0.2, 0) is 6.54 Å². The standard InChI is InChI=1S/C16H27N5/c1-9(2)15-11(5)13(7)20(18-15)8-14-12(6)16(17)19-21(14)10(3)4/h9-10H,8H2,1-7H3,(H2,17,19). The largest absolute Gasteiger partial charge is 0.382 e. The van der Waals surface area contributed by atoms with E-state index in [1.54, 1.807) is 0 Å². The molecule has 2 N–H and O–H groups in total. The predicted molar refractivity (Wildman–Crippen MR) is 86.7 cm³/mol. The van der Waals surface area contributed by atoms with Crippen molar-refractivity contribution in [3.05, 3.63) is 28.2 Å². The summed E-state index contributed by atoms with van der Waals surface area (Å²) in [6, 6.07) is 0.289. The van der Waals surface area contributed by atoms with Crippen LogP contribution in [0.3, 0.4) is 0 Å². The Morgan fingerprint density at radius 3 is 2.10 bits per heavy atom. The van der Waals surface area contributed by atoms with Crippen molar-refractivity contribution in [2.45, 2.75) is 67.0 Å². The zero-order valence-corrected chi connectivity index (χ0v) is 14.2. The number of hydrogen-bond acceptors (Lipinski definition) is 3. The smallest absolute Gasteiger partial charge is 0.148 e. The molecule has 0 aromatic carbocycles. The third kappa shape index (κ3) is 2.69. The molecule has 5 heteroatoms. The summed E-state index contributed by atoms with van der Waals surface area (Å²) in [7, 11) is 0. The van der Waals surface area contributed by atoms with Gasteiger partial charge in [-0.25, -0.2) is 0 Å². The molecule has 5 nitrogen and oxygen atoms in total. The van der Waals surface area contributed by atoms with Crippen molar-refractivity contribution in [2.75, 3.05) is 5.73 Å². The van der Waals surface area contributed by atoms with Gasteiger partial charge in [0.15, 0.2) is 0 Å². The average Bonchev–Trinajstić information content (AvgIpc) is 2.84. The topological polar surface area (TPSA) is 61.7 Å². The third-order valence-electron chi connectivity index (χ3n) is 4.19. The lowest BCUT2D eigenvalue weighted by atomic mass is 10.1. The molecular formula is C16H27N5. The van der Waals surface area contributed by atoms with Crippen LogP contribution in [0.15, 0.2) is 0 Å². The van der Waals surface area contributed by atoms with Crippen molar-refractivity contribution in [3.63, 3.8) is 0 Å². The van der Waals surface area contributed by atoms with Crippen LogP contribution in [0.4, 0.5) is 5.82 Å². The van der Waals surface area contributed by atoms with Gasteiger partial charge in [-0.05, 0) is 46.1 Å². The Morgan fingerprint density at radius 1 is 1.00 bits per heavy atom. The molecule has 2 rings (SSSR count). The van der Waals surface area contributed by atoms with Crippen molar-refractivity contribution in [1.82, 2.24) is 19.6 Å². The second kappa shape index (κ2) is 5.54. The highest BCUT2D eigenvalue weighted by Crippen LogP contribution is 2.24. The molecule has 0 aliphatic heterocycles. The number of aromatic nitrogens is 4. The average molecular weight is 289 g/mol. The van der Waals surface area contributed by atoms with E-state index < -0.39 is 0 Å². The minimum Gasteiger partial charge on any atom is -0.382 e. The van der Waals surface area contributed by atoms with E-state index in [2.05, 4.69) is 51.3 Å². The highest BCUT2D eigenvalue weighted by atomic mass is 15.4. The van der Waals surface area contributed by atoms with Crippen LogP contribution in [0, 0.1) is 20.8 Å². The van der Waals surface area contributed by atoms with Crippen molar-refractivity contribution in [2.24, 2.45) is 0 Å². The van der Waals surface area contributed by atoms with Crippen LogP contribution in [0.2, 0.25) is 0 Å². The molecular weight excluding hydrogens is 262 g/mol. The van der Waals surface area contributed by atoms with Gasteiger partial charge in [0, 0.05) is 17.3 Å². The lowest BCUT2D eigenvalue weighted by Gasteiger charge is -2.12. The van der Waals surface area contributed by atoms with E-state index >= 15 is 0 Å². The summed E-state index contributed by atoms with van der Waals surface area (Å²) in [5, 5.41) is 9.24. The summed E-state index contributed by atoms with van der Waals surface area (Å²) in [5.74, 6) is 1.05. The maximum absolute atomic E-state index is 5.99. The van der Waals surface area contributed by atoms with Crippen molar-refractivity contribution in [1.29, 1.82) is 0 Å². The molecule has 0 saturated carbocycles. The van der Waals surface area contributed by atoms with Crippen LogP contribution in [0.1, 0.15) is 67.9 Å². The van der Waals surface area contributed by atoms with Gasteiger partial charge in [-0.3, -0.25) is 9.36 Å². The number of nitrogen functional groups attached to an aromatic ring is 1. The van der Waals surface area contributed by atoms with Gasteiger partial charge >= 0.3 is 0 Å². The van der Waals surface area contributed by atoms with Crippen molar-refractivity contribution < 1.29 is 0 Å². The molecule has 0 amide bonds. The molecule has 0 radical (unpaired) electrons. The molecule has 21 heavy (non-hydrogen) atoms. The van der Waals surface area contributed by atoms with E-state index in [0.717, 1.165) is 11.3 Å². The van der Waals surface area contributed by atoms with E-state index in [4.69, 9.17) is 10.8 Å². The third-order valence-corrected chi connectivity index (χ3v) is 4.19. The number of hydrogen-bond donors (Lipinski definition) is 1. The Balaban J connectivity index is 2.46.